The summed E-state index contributed by atoms with van der Waals surface area (Å²) in [5, 5.41) is 5.92. The average Bonchev–Trinajstić information content (AvgIpc) is 3.12. The molecule has 1 aliphatic heterocycles. The summed E-state index contributed by atoms with van der Waals surface area (Å²) in [7, 11) is 1.64. The minimum Gasteiger partial charge on any atom is -0.383 e. The smallest absolute Gasteiger partial charge is 0.272 e. The first-order chi connectivity index (χ1) is 11.2. The largest absolute Gasteiger partial charge is 0.383 e. The Labute approximate surface area is 148 Å². The van der Waals surface area contributed by atoms with Gasteiger partial charge < -0.3 is 20.3 Å². The van der Waals surface area contributed by atoms with Crippen LogP contribution in [-0.4, -0.2) is 68.1 Å². The fraction of sp³-hybridized carbons (Fsp3) is 0.562. The minimum atomic E-state index is -0.269. The molecular weight excluding hydrogens is 332 g/mol. The van der Waals surface area contributed by atoms with E-state index in [2.05, 4.69) is 15.6 Å². The SMILES string of the molecule is COCCNCCNC(=O)c1cccc(C(=O)N2CCCC2)n1.Cl. The number of carbonyl (C=O) groups excluding carboxylic acids is 2. The monoisotopic (exact) mass is 356 g/mol. The molecule has 2 N–H and O–H groups in total. The van der Waals surface area contributed by atoms with E-state index in [1.165, 1.54) is 0 Å². The van der Waals surface area contributed by atoms with Crippen LogP contribution in [0.5, 0.6) is 0 Å². The van der Waals surface area contributed by atoms with Crippen molar-refractivity contribution >= 4 is 24.2 Å². The number of hydrogen-bond acceptors (Lipinski definition) is 5. The summed E-state index contributed by atoms with van der Waals surface area (Å²) < 4.78 is 4.92. The topological polar surface area (TPSA) is 83.6 Å². The van der Waals surface area contributed by atoms with Gasteiger partial charge in [0.2, 0.25) is 0 Å². The van der Waals surface area contributed by atoms with E-state index >= 15 is 0 Å². The molecule has 2 heterocycles. The Hall–Kier alpha value is -1.70. The second-order valence-electron chi connectivity index (χ2n) is 5.41. The average molecular weight is 357 g/mol. The highest BCUT2D eigenvalue weighted by atomic mass is 35.5. The Morgan fingerprint density at radius 3 is 2.58 bits per heavy atom. The summed E-state index contributed by atoms with van der Waals surface area (Å²) in [6.07, 6.45) is 2.06. The summed E-state index contributed by atoms with van der Waals surface area (Å²) >= 11 is 0. The number of aromatic nitrogens is 1. The van der Waals surface area contributed by atoms with Crippen LogP contribution in [-0.2, 0) is 4.74 Å². The van der Waals surface area contributed by atoms with Crippen LogP contribution in [0.4, 0.5) is 0 Å². The van der Waals surface area contributed by atoms with Gasteiger partial charge in [-0.25, -0.2) is 4.98 Å². The maximum atomic E-state index is 12.3. The van der Waals surface area contributed by atoms with Crippen LogP contribution in [0.25, 0.3) is 0 Å². The molecule has 0 spiro atoms. The van der Waals surface area contributed by atoms with Crippen molar-refractivity contribution in [2.24, 2.45) is 0 Å². The third-order valence-electron chi connectivity index (χ3n) is 3.66. The molecule has 1 aromatic heterocycles. The van der Waals surface area contributed by atoms with Crippen LogP contribution in [0.15, 0.2) is 18.2 Å². The van der Waals surface area contributed by atoms with Crippen molar-refractivity contribution in [2.45, 2.75) is 12.8 Å². The van der Waals surface area contributed by atoms with E-state index in [1.807, 2.05) is 0 Å². The molecule has 0 radical (unpaired) electrons. The number of pyridine rings is 1. The lowest BCUT2D eigenvalue weighted by atomic mass is 10.2. The maximum absolute atomic E-state index is 12.3. The van der Waals surface area contributed by atoms with Crippen LogP contribution < -0.4 is 10.6 Å². The summed E-state index contributed by atoms with van der Waals surface area (Å²) in [5.41, 5.74) is 0.602. The standard InChI is InChI=1S/C16H24N4O3.ClH/c1-23-12-9-17-7-8-18-15(21)13-5-4-6-14(19-13)16(22)20-10-2-3-11-20;/h4-6,17H,2-3,7-12H2,1H3,(H,18,21);1H. The van der Waals surface area contributed by atoms with Gasteiger partial charge in [-0.2, -0.15) is 0 Å². The molecule has 1 aromatic rings. The van der Waals surface area contributed by atoms with E-state index in [0.717, 1.165) is 32.5 Å². The van der Waals surface area contributed by atoms with Crippen molar-refractivity contribution in [3.05, 3.63) is 29.6 Å². The number of likely N-dealkylation sites (tertiary alicyclic amines) is 1. The van der Waals surface area contributed by atoms with Crippen molar-refractivity contribution in [3.63, 3.8) is 0 Å². The minimum absolute atomic E-state index is 0. The highest BCUT2D eigenvalue weighted by Crippen LogP contribution is 2.11. The van der Waals surface area contributed by atoms with Gasteiger partial charge in [-0.15, -0.1) is 12.4 Å². The molecule has 0 aliphatic carbocycles. The first kappa shape index (κ1) is 20.3. The Kier molecular flexibility index (Phi) is 9.29. The van der Waals surface area contributed by atoms with Crippen LogP contribution in [0.2, 0.25) is 0 Å². The Morgan fingerprint density at radius 2 is 1.88 bits per heavy atom. The molecule has 7 nitrogen and oxygen atoms in total. The fourth-order valence-electron chi connectivity index (χ4n) is 2.42. The Morgan fingerprint density at radius 1 is 1.17 bits per heavy atom. The number of nitrogens with one attached hydrogen (secondary N) is 2. The molecule has 134 valence electrons. The zero-order valence-corrected chi connectivity index (χ0v) is 14.7. The van der Waals surface area contributed by atoms with Gasteiger partial charge in [0.1, 0.15) is 11.4 Å². The lowest BCUT2D eigenvalue weighted by Crippen LogP contribution is -2.34. The molecule has 0 unspecified atom stereocenters. The molecule has 8 heteroatoms. The molecular formula is C16H25ClN4O3. The number of carbonyl (C=O) groups is 2. The summed E-state index contributed by atoms with van der Waals surface area (Å²) in [5.74, 6) is -0.368. The lowest BCUT2D eigenvalue weighted by Gasteiger charge is -2.14. The molecule has 2 amide bonds. The van der Waals surface area contributed by atoms with E-state index < -0.39 is 0 Å². The van der Waals surface area contributed by atoms with Gasteiger partial charge in [0.05, 0.1) is 6.61 Å². The molecule has 1 saturated heterocycles. The van der Waals surface area contributed by atoms with Gasteiger partial charge >= 0.3 is 0 Å². The number of hydrogen-bond donors (Lipinski definition) is 2. The van der Waals surface area contributed by atoms with Gasteiger partial charge in [-0.3, -0.25) is 9.59 Å². The number of rotatable bonds is 8. The zero-order chi connectivity index (χ0) is 16.5. The van der Waals surface area contributed by atoms with Crippen molar-refractivity contribution in [3.8, 4) is 0 Å². The van der Waals surface area contributed by atoms with Crippen LogP contribution in [0.3, 0.4) is 0 Å². The fourth-order valence-corrected chi connectivity index (χ4v) is 2.42. The summed E-state index contributed by atoms with van der Waals surface area (Å²) in [6, 6.07) is 4.97. The lowest BCUT2D eigenvalue weighted by molar-refractivity contribution is 0.0787. The molecule has 0 saturated carbocycles. The first-order valence-corrected chi connectivity index (χ1v) is 7.96. The van der Waals surface area contributed by atoms with Crippen molar-refractivity contribution in [1.29, 1.82) is 0 Å². The quantitative estimate of drug-likeness (QED) is 0.670. The third-order valence-corrected chi connectivity index (χ3v) is 3.66. The highest BCUT2D eigenvalue weighted by molar-refractivity contribution is 5.96. The van der Waals surface area contributed by atoms with Gasteiger partial charge in [0.15, 0.2) is 0 Å². The van der Waals surface area contributed by atoms with Gasteiger partial charge in [-0.05, 0) is 25.0 Å². The first-order valence-electron chi connectivity index (χ1n) is 7.96. The van der Waals surface area contributed by atoms with Crippen molar-refractivity contribution in [2.75, 3.05) is 46.4 Å². The van der Waals surface area contributed by atoms with E-state index in [-0.39, 0.29) is 29.9 Å². The molecule has 1 aliphatic rings. The number of halogens is 1. The predicted octanol–water partition coefficient (Wildman–Crippen LogP) is 0.705. The molecule has 0 atom stereocenters. The number of ether oxygens (including phenoxy) is 1. The van der Waals surface area contributed by atoms with Crippen molar-refractivity contribution < 1.29 is 14.3 Å². The van der Waals surface area contributed by atoms with E-state index in [4.69, 9.17) is 4.74 Å². The zero-order valence-electron chi connectivity index (χ0n) is 13.9. The summed E-state index contributed by atoms with van der Waals surface area (Å²) in [6.45, 7) is 4.06. The second-order valence-corrected chi connectivity index (χ2v) is 5.41. The molecule has 0 bridgehead atoms. The van der Waals surface area contributed by atoms with Crippen LogP contribution in [0, 0.1) is 0 Å². The maximum Gasteiger partial charge on any atom is 0.272 e. The molecule has 1 fully saturated rings. The van der Waals surface area contributed by atoms with Gasteiger partial charge in [0.25, 0.3) is 11.8 Å². The van der Waals surface area contributed by atoms with E-state index in [1.54, 1.807) is 30.2 Å². The highest BCUT2D eigenvalue weighted by Gasteiger charge is 2.21. The second kappa shape index (κ2) is 11.0. The van der Waals surface area contributed by atoms with Gasteiger partial charge in [0, 0.05) is 39.8 Å². The van der Waals surface area contributed by atoms with Crippen molar-refractivity contribution in [1.82, 2.24) is 20.5 Å². The van der Waals surface area contributed by atoms with Crippen LogP contribution >= 0.6 is 12.4 Å². The predicted molar refractivity (Wildman–Crippen MR) is 93.7 cm³/mol. The normalized spacial score (nSPS) is 13.5. The Balaban J connectivity index is 0.00000288. The third kappa shape index (κ3) is 6.07. The number of amides is 2. The Bertz CT molecular complexity index is 536. The summed E-state index contributed by atoms with van der Waals surface area (Å²) in [4.78, 5) is 30.4. The molecule has 2 rings (SSSR count). The van der Waals surface area contributed by atoms with Gasteiger partial charge in [-0.1, -0.05) is 6.07 Å². The molecule has 24 heavy (non-hydrogen) atoms. The van der Waals surface area contributed by atoms with Crippen LogP contribution in [0.1, 0.15) is 33.8 Å². The number of nitrogens with zero attached hydrogens (tertiary/aromatic N) is 2. The van der Waals surface area contributed by atoms with E-state index in [0.29, 0.717) is 25.4 Å². The number of methoxy groups -OCH3 is 1. The molecule has 0 aromatic carbocycles. The van der Waals surface area contributed by atoms with E-state index in [9.17, 15) is 9.59 Å².